The maximum absolute atomic E-state index is 12.0. The maximum Gasteiger partial charge on any atom is 0.315 e. The zero-order valence-corrected chi connectivity index (χ0v) is 12.9. The minimum atomic E-state index is -0.259. The van der Waals surface area contributed by atoms with Gasteiger partial charge in [-0.25, -0.2) is 4.79 Å². The van der Waals surface area contributed by atoms with Crippen molar-refractivity contribution in [1.82, 2.24) is 15.6 Å². The van der Waals surface area contributed by atoms with E-state index < -0.39 is 0 Å². The highest BCUT2D eigenvalue weighted by atomic mass is 16.6. The van der Waals surface area contributed by atoms with Gasteiger partial charge in [0.15, 0.2) is 17.6 Å². The number of para-hydroxylation sites is 2. The highest BCUT2D eigenvalue weighted by Crippen LogP contribution is 2.30. The number of rotatable bonds is 4. The fourth-order valence-corrected chi connectivity index (χ4v) is 2.32. The van der Waals surface area contributed by atoms with Crippen LogP contribution < -0.4 is 20.1 Å². The molecule has 1 aliphatic rings. The third-order valence-corrected chi connectivity index (χ3v) is 3.54. The molecule has 0 saturated carbocycles. The first-order chi connectivity index (χ1) is 11.2. The van der Waals surface area contributed by atoms with Crippen LogP contribution in [0.3, 0.4) is 0 Å². The van der Waals surface area contributed by atoms with E-state index in [0.717, 1.165) is 11.4 Å². The molecular weight excluding hydrogens is 294 g/mol. The van der Waals surface area contributed by atoms with Crippen LogP contribution in [0.2, 0.25) is 0 Å². The van der Waals surface area contributed by atoms with Gasteiger partial charge in [0.2, 0.25) is 0 Å². The summed E-state index contributed by atoms with van der Waals surface area (Å²) in [5.74, 6) is 1.43. The number of ether oxygens (including phenoxy) is 2. The van der Waals surface area contributed by atoms with E-state index in [1.165, 1.54) is 0 Å². The van der Waals surface area contributed by atoms with Gasteiger partial charge in [-0.05, 0) is 31.2 Å². The van der Waals surface area contributed by atoms with Crippen LogP contribution in [0, 0.1) is 0 Å². The molecule has 0 unspecified atom stereocenters. The largest absolute Gasteiger partial charge is 0.486 e. The van der Waals surface area contributed by atoms with Crippen molar-refractivity contribution in [3.8, 4) is 11.5 Å². The molecule has 0 aliphatic carbocycles. The van der Waals surface area contributed by atoms with Gasteiger partial charge in [0, 0.05) is 6.20 Å². The molecular formula is C17H19N3O3. The quantitative estimate of drug-likeness (QED) is 0.908. The van der Waals surface area contributed by atoms with Crippen LogP contribution in [0.1, 0.15) is 18.7 Å². The summed E-state index contributed by atoms with van der Waals surface area (Å²) in [7, 11) is 0. The number of pyridine rings is 1. The van der Waals surface area contributed by atoms with Crippen molar-refractivity contribution in [1.29, 1.82) is 0 Å². The van der Waals surface area contributed by atoms with Crippen molar-refractivity contribution in [2.24, 2.45) is 0 Å². The molecule has 0 radical (unpaired) electrons. The monoisotopic (exact) mass is 313 g/mol. The second-order valence-corrected chi connectivity index (χ2v) is 5.33. The lowest BCUT2D eigenvalue weighted by Gasteiger charge is -2.26. The highest BCUT2D eigenvalue weighted by Gasteiger charge is 2.21. The van der Waals surface area contributed by atoms with Crippen LogP contribution in [0.15, 0.2) is 48.7 Å². The third kappa shape index (κ3) is 3.91. The first kappa shape index (κ1) is 15.1. The predicted molar refractivity (Wildman–Crippen MR) is 85.5 cm³/mol. The minimum Gasteiger partial charge on any atom is -0.486 e. The van der Waals surface area contributed by atoms with Gasteiger partial charge in [-0.1, -0.05) is 18.2 Å². The predicted octanol–water partition coefficient (Wildman–Crippen LogP) is 2.28. The number of nitrogens with zero attached hydrogens (tertiary/aromatic N) is 1. The normalized spacial score (nSPS) is 17.2. The second-order valence-electron chi connectivity index (χ2n) is 5.33. The van der Waals surface area contributed by atoms with Crippen LogP contribution in [0.25, 0.3) is 0 Å². The standard InChI is InChI=1S/C17H19N3O3/c1-12(14-6-4-5-9-18-14)20-17(21)19-10-13-11-22-15-7-2-3-8-16(15)23-13/h2-9,12-13H,10-11H2,1H3,(H2,19,20,21)/t12-,13+/m1/s1. The number of carbonyl (C=O) groups is 1. The van der Waals surface area contributed by atoms with E-state index in [9.17, 15) is 4.79 Å². The number of urea groups is 1. The fraction of sp³-hybridized carbons (Fsp3) is 0.294. The van der Waals surface area contributed by atoms with Gasteiger partial charge in [-0.15, -0.1) is 0 Å². The Morgan fingerprint density at radius 1 is 1.26 bits per heavy atom. The number of fused-ring (bicyclic) bond motifs is 1. The van der Waals surface area contributed by atoms with Crippen molar-refractivity contribution in [2.75, 3.05) is 13.2 Å². The number of aromatic nitrogens is 1. The number of carbonyl (C=O) groups excluding carboxylic acids is 1. The molecule has 6 nitrogen and oxygen atoms in total. The molecule has 2 N–H and O–H groups in total. The van der Waals surface area contributed by atoms with Crippen molar-refractivity contribution in [3.05, 3.63) is 54.4 Å². The van der Waals surface area contributed by atoms with E-state index in [0.29, 0.717) is 18.9 Å². The molecule has 2 atom stereocenters. The summed E-state index contributed by atoms with van der Waals surface area (Å²) >= 11 is 0. The van der Waals surface area contributed by atoms with E-state index in [-0.39, 0.29) is 18.2 Å². The van der Waals surface area contributed by atoms with Gasteiger partial charge in [-0.2, -0.15) is 0 Å². The Morgan fingerprint density at radius 3 is 2.83 bits per heavy atom. The molecule has 1 aromatic carbocycles. The van der Waals surface area contributed by atoms with Gasteiger partial charge >= 0.3 is 6.03 Å². The van der Waals surface area contributed by atoms with Crippen molar-refractivity contribution < 1.29 is 14.3 Å². The molecule has 2 aromatic rings. The zero-order valence-electron chi connectivity index (χ0n) is 12.9. The summed E-state index contributed by atoms with van der Waals surface area (Å²) in [6.45, 7) is 2.67. The Labute approximate surface area is 134 Å². The molecule has 2 heterocycles. The van der Waals surface area contributed by atoms with E-state index in [1.54, 1.807) is 6.20 Å². The second kappa shape index (κ2) is 7.00. The summed E-state index contributed by atoms with van der Waals surface area (Å²) < 4.78 is 11.4. The number of nitrogens with one attached hydrogen (secondary N) is 2. The summed E-state index contributed by atoms with van der Waals surface area (Å²) in [5, 5.41) is 5.65. The van der Waals surface area contributed by atoms with Crippen molar-refractivity contribution >= 4 is 6.03 Å². The van der Waals surface area contributed by atoms with Gasteiger partial charge in [0.25, 0.3) is 0 Å². The molecule has 0 spiro atoms. The van der Waals surface area contributed by atoms with Gasteiger partial charge < -0.3 is 20.1 Å². The van der Waals surface area contributed by atoms with Gasteiger partial charge in [-0.3, -0.25) is 4.98 Å². The summed E-state index contributed by atoms with van der Waals surface area (Å²) in [6.07, 6.45) is 1.50. The summed E-state index contributed by atoms with van der Waals surface area (Å²) in [6, 6.07) is 12.7. The molecule has 3 rings (SSSR count). The van der Waals surface area contributed by atoms with E-state index in [1.807, 2.05) is 49.4 Å². The zero-order chi connectivity index (χ0) is 16.1. The molecule has 1 aromatic heterocycles. The average Bonchev–Trinajstić information content (AvgIpc) is 2.60. The molecule has 0 fully saturated rings. The Kier molecular flexibility index (Phi) is 4.61. The first-order valence-corrected chi connectivity index (χ1v) is 7.56. The Bertz CT molecular complexity index is 663. The van der Waals surface area contributed by atoms with Crippen LogP contribution in [-0.2, 0) is 0 Å². The fourth-order valence-electron chi connectivity index (χ4n) is 2.32. The van der Waals surface area contributed by atoms with Crippen LogP contribution in [0.4, 0.5) is 4.79 Å². The number of hydrogen-bond acceptors (Lipinski definition) is 4. The Balaban J connectivity index is 1.47. The van der Waals surface area contributed by atoms with Gasteiger partial charge in [0.05, 0.1) is 18.3 Å². The number of benzene rings is 1. The maximum atomic E-state index is 12.0. The van der Waals surface area contributed by atoms with Crippen LogP contribution in [-0.4, -0.2) is 30.3 Å². The number of amides is 2. The summed E-state index contributed by atoms with van der Waals surface area (Å²) in [5.41, 5.74) is 0.814. The lowest BCUT2D eigenvalue weighted by atomic mass is 10.2. The smallest absolute Gasteiger partial charge is 0.315 e. The molecule has 120 valence electrons. The molecule has 0 saturated heterocycles. The topological polar surface area (TPSA) is 72.5 Å². The van der Waals surface area contributed by atoms with E-state index >= 15 is 0 Å². The molecule has 23 heavy (non-hydrogen) atoms. The Hall–Kier alpha value is -2.76. The first-order valence-electron chi connectivity index (χ1n) is 7.56. The lowest BCUT2D eigenvalue weighted by molar-refractivity contribution is 0.0917. The lowest BCUT2D eigenvalue weighted by Crippen LogP contribution is -2.45. The summed E-state index contributed by atoms with van der Waals surface area (Å²) in [4.78, 5) is 16.2. The number of hydrogen-bond donors (Lipinski definition) is 2. The SMILES string of the molecule is C[C@@H](NC(=O)NC[C@H]1COc2ccccc2O1)c1ccccn1. The van der Waals surface area contributed by atoms with E-state index in [2.05, 4.69) is 15.6 Å². The molecule has 2 amide bonds. The van der Waals surface area contributed by atoms with Crippen molar-refractivity contribution in [2.45, 2.75) is 19.1 Å². The average molecular weight is 313 g/mol. The van der Waals surface area contributed by atoms with Gasteiger partial charge in [0.1, 0.15) is 6.61 Å². The van der Waals surface area contributed by atoms with E-state index in [4.69, 9.17) is 9.47 Å². The molecule has 0 bridgehead atoms. The van der Waals surface area contributed by atoms with Crippen LogP contribution >= 0.6 is 0 Å². The molecule has 1 aliphatic heterocycles. The van der Waals surface area contributed by atoms with Crippen molar-refractivity contribution in [3.63, 3.8) is 0 Å². The minimum absolute atomic E-state index is 0.166. The molecule has 6 heteroatoms. The highest BCUT2D eigenvalue weighted by molar-refractivity contribution is 5.74. The van der Waals surface area contributed by atoms with Crippen LogP contribution in [0.5, 0.6) is 11.5 Å². The Morgan fingerprint density at radius 2 is 2.04 bits per heavy atom. The third-order valence-electron chi connectivity index (χ3n) is 3.54.